The van der Waals surface area contributed by atoms with Crippen LogP contribution >= 0.6 is 0 Å². The second kappa shape index (κ2) is 3.57. The molecule has 0 amide bonds. The van der Waals surface area contributed by atoms with E-state index >= 15 is 0 Å². The number of fused-ring (bicyclic) bond motifs is 5. The summed E-state index contributed by atoms with van der Waals surface area (Å²) >= 11 is 0. The van der Waals surface area contributed by atoms with Crippen molar-refractivity contribution in [2.24, 2.45) is 0 Å². The lowest BCUT2D eigenvalue weighted by Crippen LogP contribution is -2.30. The largest absolute Gasteiger partial charge is 0.710 e. The van der Waals surface area contributed by atoms with E-state index in [0.29, 0.717) is 11.3 Å². The first-order chi connectivity index (χ1) is 9.25. The van der Waals surface area contributed by atoms with E-state index in [9.17, 15) is 9.60 Å². The first-order valence-corrected chi connectivity index (χ1v) is 6.25. The molecule has 0 aliphatic carbocycles. The zero-order valence-corrected chi connectivity index (χ0v) is 10.1. The van der Waals surface area contributed by atoms with Crippen molar-refractivity contribution in [2.75, 3.05) is 0 Å². The van der Waals surface area contributed by atoms with Crippen LogP contribution in [-0.2, 0) is 13.0 Å². The second-order valence-corrected chi connectivity index (χ2v) is 4.81. The summed E-state index contributed by atoms with van der Waals surface area (Å²) in [6.45, 7) is 0.754. The van der Waals surface area contributed by atoms with Crippen LogP contribution in [0.5, 0.6) is 0 Å². The number of aromatic nitrogens is 2. The molecule has 3 aromatic rings. The van der Waals surface area contributed by atoms with Crippen molar-refractivity contribution in [3.8, 4) is 11.4 Å². The Kier molecular flexibility index (Phi) is 1.98. The molecule has 0 unspecified atom stereocenters. The molecule has 4 rings (SSSR count). The highest BCUT2D eigenvalue weighted by atomic mass is 19.1. The Morgan fingerprint density at radius 1 is 1.16 bits per heavy atom. The SMILES string of the molecule is [O-][n+]1c2n(c3ccc(F)cc31)CCc1ccccc1-2. The highest BCUT2D eigenvalue weighted by Gasteiger charge is 2.28. The summed E-state index contributed by atoms with van der Waals surface area (Å²) in [7, 11) is 0. The monoisotopic (exact) mass is 254 g/mol. The van der Waals surface area contributed by atoms with Crippen LogP contribution in [-0.4, -0.2) is 4.57 Å². The molecule has 2 aromatic carbocycles. The maximum atomic E-state index is 13.3. The fourth-order valence-corrected chi connectivity index (χ4v) is 2.90. The first kappa shape index (κ1) is 10.6. The van der Waals surface area contributed by atoms with Gasteiger partial charge in [0.2, 0.25) is 0 Å². The summed E-state index contributed by atoms with van der Waals surface area (Å²) in [6, 6.07) is 12.3. The van der Waals surface area contributed by atoms with Crippen LogP contribution in [0, 0.1) is 11.0 Å². The van der Waals surface area contributed by atoms with Gasteiger partial charge in [0.05, 0.1) is 12.1 Å². The molecule has 3 nitrogen and oxygen atoms in total. The van der Waals surface area contributed by atoms with Crippen molar-refractivity contribution in [1.29, 1.82) is 0 Å². The molecule has 0 bridgehead atoms. The van der Waals surface area contributed by atoms with Crippen LogP contribution in [0.25, 0.3) is 22.4 Å². The smallest absolute Gasteiger partial charge is 0.293 e. The summed E-state index contributed by atoms with van der Waals surface area (Å²) in [5.41, 5.74) is 3.30. The minimum atomic E-state index is -0.381. The molecule has 0 saturated heterocycles. The van der Waals surface area contributed by atoms with Gasteiger partial charge < -0.3 is 5.21 Å². The predicted octanol–water partition coefficient (Wildman–Crippen LogP) is 2.64. The van der Waals surface area contributed by atoms with Crippen molar-refractivity contribution >= 4 is 11.0 Å². The average molecular weight is 254 g/mol. The highest BCUT2D eigenvalue weighted by molar-refractivity contribution is 5.77. The molecular formula is C15H11FN2O. The minimum Gasteiger partial charge on any atom is -0.710 e. The molecule has 0 radical (unpaired) electrons. The number of imidazole rings is 1. The number of hydrogen-bond donors (Lipinski definition) is 0. The van der Waals surface area contributed by atoms with Crippen molar-refractivity contribution in [3.63, 3.8) is 0 Å². The summed E-state index contributed by atoms with van der Waals surface area (Å²) < 4.78 is 16.1. The van der Waals surface area contributed by atoms with E-state index in [-0.39, 0.29) is 5.82 Å². The zero-order chi connectivity index (χ0) is 13.0. The lowest BCUT2D eigenvalue weighted by atomic mass is 10.0. The van der Waals surface area contributed by atoms with Crippen molar-refractivity contribution < 1.29 is 9.12 Å². The van der Waals surface area contributed by atoms with Crippen LogP contribution < -0.4 is 4.73 Å². The standard InChI is InChI=1S/C15H11FN2O/c16-11-5-6-13-14(9-11)18(19)15-12-4-2-1-3-10(12)7-8-17(13)15/h1-6,9H,7-8H2. The summed E-state index contributed by atoms with van der Waals surface area (Å²) in [6.07, 6.45) is 0.893. The van der Waals surface area contributed by atoms with Crippen molar-refractivity contribution in [2.45, 2.75) is 13.0 Å². The number of halogens is 1. The summed E-state index contributed by atoms with van der Waals surface area (Å²) in [4.78, 5) is 0. The van der Waals surface area contributed by atoms with Gasteiger partial charge in [-0.3, -0.25) is 0 Å². The van der Waals surface area contributed by atoms with Gasteiger partial charge in [0, 0.05) is 12.5 Å². The van der Waals surface area contributed by atoms with E-state index < -0.39 is 0 Å². The lowest BCUT2D eigenvalue weighted by molar-refractivity contribution is -0.565. The Bertz CT molecular complexity index is 807. The molecule has 0 atom stereocenters. The van der Waals surface area contributed by atoms with Gasteiger partial charge >= 0.3 is 0 Å². The molecule has 94 valence electrons. The molecule has 2 heterocycles. The van der Waals surface area contributed by atoms with Gasteiger partial charge in [-0.05, 0) is 23.8 Å². The normalized spacial score (nSPS) is 13.3. The summed E-state index contributed by atoms with van der Waals surface area (Å²) in [5.74, 6) is 0.232. The Labute approximate surface area is 109 Å². The van der Waals surface area contributed by atoms with Gasteiger partial charge in [-0.1, -0.05) is 18.2 Å². The van der Waals surface area contributed by atoms with Crippen LogP contribution in [0.4, 0.5) is 4.39 Å². The second-order valence-electron chi connectivity index (χ2n) is 4.81. The van der Waals surface area contributed by atoms with E-state index in [2.05, 4.69) is 0 Å². The van der Waals surface area contributed by atoms with Crippen LogP contribution in [0.15, 0.2) is 42.5 Å². The van der Waals surface area contributed by atoms with E-state index in [1.807, 2.05) is 28.8 Å². The average Bonchev–Trinajstić information content (AvgIpc) is 2.72. The molecule has 1 aliphatic heterocycles. The van der Waals surface area contributed by atoms with Gasteiger partial charge in [0.15, 0.2) is 11.0 Å². The third-order valence-corrected chi connectivity index (χ3v) is 3.76. The number of benzene rings is 2. The van der Waals surface area contributed by atoms with Gasteiger partial charge in [0.1, 0.15) is 5.82 Å². The number of hydrogen-bond acceptors (Lipinski definition) is 1. The number of aryl methyl sites for hydroxylation is 2. The quantitative estimate of drug-likeness (QED) is 0.448. The fraction of sp³-hybridized carbons (Fsp3) is 0.133. The Morgan fingerprint density at radius 3 is 2.89 bits per heavy atom. The molecule has 0 saturated carbocycles. The van der Waals surface area contributed by atoms with Gasteiger partial charge in [-0.25, -0.2) is 13.7 Å². The summed E-state index contributed by atoms with van der Waals surface area (Å²) in [5, 5.41) is 12.4. The Morgan fingerprint density at radius 2 is 2.00 bits per heavy atom. The van der Waals surface area contributed by atoms with E-state index in [4.69, 9.17) is 0 Å². The van der Waals surface area contributed by atoms with E-state index in [0.717, 1.165) is 28.8 Å². The molecule has 0 N–H and O–H groups in total. The maximum Gasteiger partial charge on any atom is 0.293 e. The zero-order valence-electron chi connectivity index (χ0n) is 10.1. The fourth-order valence-electron chi connectivity index (χ4n) is 2.90. The van der Waals surface area contributed by atoms with Crippen LogP contribution in [0.3, 0.4) is 0 Å². The van der Waals surface area contributed by atoms with Gasteiger partial charge in [-0.15, -0.1) is 0 Å². The minimum absolute atomic E-state index is 0.381. The molecule has 1 aliphatic rings. The van der Waals surface area contributed by atoms with Gasteiger partial charge in [-0.2, -0.15) is 0 Å². The third kappa shape index (κ3) is 1.34. The molecule has 4 heteroatoms. The van der Waals surface area contributed by atoms with Crippen molar-refractivity contribution in [1.82, 2.24) is 4.57 Å². The molecular weight excluding hydrogens is 243 g/mol. The number of rotatable bonds is 0. The van der Waals surface area contributed by atoms with Crippen LogP contribution in [0.1, 0.15) is 5.56 Å². The maximum absolute atomic E-state index is 13.3. The van der Waals surface area contributed by atoms with E-state index in [1.54, 1.807) is 6.07 Å². The van der Waals surface area contributed by atoms with Crippen molar-refractivity contribution in [3.05, 3.63) is 59.1 Å². The van der Waals surface area contributed by atoms with Gasteiger partial charge in [0.25, 0.3) is 5.82 Å². The Balaban J connectivity index is 2.14. The molecule has 0 spiro atoms. The predicted molar refractivity (Wildman–Crippen MR) is 70.0 cm³/mol. The molecule has 19 heavy (non-hydrogen) atoms. The molecule has 0 fully saturated rings. The molecule has 1 aromatic heterocycles. The number of nitrogens with zero attached hydrogens (tertiary/aromatic N) is 2. The lowest BCUT2D eigenvalue weighted by Gasteiger charge is -2.15. The van der Waals surface area contributed by atoms with E-state index in [1.165, 1.54) is 17.7 Å². The highest BCUT2D eigenvalue weighted by Crippen LogP contribution is 2.30. The first-order valence-electron chi connectivity index (χ1n) is 6.25. The van der Waals surface area contributed by atoms with Crippen LogP contribution in [0.2, 0.25) is 0 Å². The topological polar surface area (TPSA) is 31.9 Å². The third-order valence-electron chi connectivity index (χ3n) is 3.76. The Hall–Kier alpha value is -2.36.